The van der Waals surface area contributed by atoms with Crippen LogP contribution in [0.3, 0.4) is 0 Å². The van der Waals surface area contributed by atoms with Gasteiger partial charge in [0.05, 0.1) is 6.20 Å². The molecule has 7 heteroatoms. The summed E-state index contributed by atoms with van der Waals surface area (Å²) in [7, 11) is 0. The van der Waals surface area contributed by atoms with Gasteiger partial charge in [0, 0.05) is 23.3 Å². The van der Waals surface area contributed by atoms with Crippen LogP contribution in [0.1, 0.15) is 48.7 Å². The molecule has 1 aromatic carbocycles. The molecule has 1 aliphatic carbocycles. The van der Waals surface area contributed by atoms with Crippen molar-refractivity contribution >= 4 is 23.2 Å². The molecule has 3 N–H and O–H groups in total. The summed E-state index contributed by atoms with van der Waals surface area (Å²) < 4.78 is 1.72. The summed E-state index contributed by atoms with van der Waals surface area (Å²) in [6.07, 6.45) is 3.69. The molecule has 24 heavy (non-hydrogen) atoms. The van der Waals surface area contributed by atoms with Crippen LogP contribution in [0.25, 0.3) is 0 Å². The van der Waals surface area contributed by atoms with E-state index in [1.165, 1.54) is 0 Å². The molecule has 0 unspecified atom stereocenters. The Kier molecular flexibility index (Phi) is 4.87. The van der Waals surface area contributed by atoms with Crippen molar-refractivity contribution in [2.75, 3.05) is 5.32 Å². The number of carbonyl (C=O) groups is 1. The molecule has 0 spiro atoms. The second kappa shape index (κ2) is 6.91. The maximum atomic E-state index is 12.4. The molecule has 1 heterocycles. The molecule has 0 radical (unpaired) electrons. The topological polar surface area (TPSA) is 85.8 Å². The van der Waals surface area contributed by atoms with E-state index < -0.39 is 0 Å². The van der Waals surface area contributed by atoms with Crippen LogP contribution < -0.4 is 11.1 Å². The minimum atomic E-state index is -0.268. The highest BCUT2D eigenvalue weighted by Gasteiger charge is 2.26. The fraction of sp³-hybridized carbons (Fsp3) is 0.471. The summed E-state index contributed by atoms with van der Waals surface area (Å²) in [4.78, 5) is 12.4. The van der Waals surface area contributed by atoms with Crippen LogP contribution in [-0.4, -0.2) is 26.9 Å². The minimum absolute atomic E-state index is 0.248. The Morgan fingerprint density at radius 1 is 1.46 bits per heavy atom. The summed E-state index contributed by atoms with van der Waals surface area (Å²) in [5, 5.41) is 11.6. The first-order valence-corrected chi connectivity index (χ1v) is 8.56. The number of hydrogen-bond acceptors (Lipinski definition) is 4. The normalized spacial score (nSPS) is 20.0. The number of rotatable bonds is 5. The zero-order chi connectivity index (χ0) is 17.3. The summed E-state index contributed by atoms with van der Waals surface area (Å²) in [5.74, 6) is 0.509. The number of nitrogens with one attached hydrogen (secondary N) is 1. The van der Waals surface area contributed by atoms with Crippen LogP contribution in [0.2, 0.25) is 5.02 Å². The van der Waals surface area contributed by atoms with Gasteiger partial charge in [-0.1, -0.05) is 30.7 Å². The molecule has 1 aliphatic rings. The molecule has 1 fully saturated rings. The Morgan fingerprint density at radius 3 is 2.88 bits per heavy atom. The van der Waals surface area contributed by atoms with Gasteiger partial charge in [-0.3, -0.25) is 9.48 Å². The molecule has 0 bridgehead atoms. The van der Waals surface area contributed by atoms with Gasteiger partial charge < -0.3 is 11.1 Å². The molecule has 6 nitrogen and oxygen atoms in total. The molecule has 128 valence electrons. The van der Waals surface area contributed by atoms with E-state index in [-0.39, 0.29) is 11.8 Å². The van der Waals surface area contributed by atoms with E-state index in [0.717, 1.165) is 30.6 Å². The van der Waals surface area contributed by atoms with Gasteiger partial charge in [0.2, 0.25) is 0 Å². The monoisotopic (exact) mass is 347 g/mol. The number of benzene rings is 1. The molecule has 2 aromatic rings. The van der Waals surface area contributed by atoms with Crippen molar-refractivity contribution in [3.8, 4) is 0 Å². The van der Waals surface area contributed by atoms with Gasteiger partial charge in [-0.25, -0.2) is 0 Å². The molecular formula is C17H22ClN5O. The van der Waals surface area contributed by atoms with Crippen molar-refractivity contribution in [2.45, 2.75) is 45.2 Å². The fourth-order valence-electron chi connectivity index (χ4n) is 3.00. The zero-order valence-corrected chi connectivity index (χ0v) is 14.6. The minimum Gasteiger partial charge on any atom is -0.328 e. The van der Waals surface area contributed by atoms with E-state index in [0.29, 0.717) is 22.7 Å². The first-order valence-electron chi connectivity index (χ1n) is 8.19. The smallest absolute Gasteiger partial charge is 0.277 e. The Hall–Kier alpha value is -1.92. The van der Waals surface area contributed by atoms with Gasteiger partial charge in [-0.2, -0.15) is 0 Å². The maximum Gasteiger partial charge on any atom is 0.277 e. The number of nitrogens with two attached hydrogens (primary N) is 1. The molecule has 1 saturated carbocycles. The van der Waals surface area contributed by atoms with E-state index in [1.54, 1.807) is 16.9 Å². The second-order valence-electron chi connectivity index (χ2n) is 6.76. The lowest BCUT2D eigenvalue weighted by Crippen LogP contribution is -2.38. The first-order chi connectivity index (χ1) is 11.4. The Balaban J connectivity index is 1.68. The lowest BCUT2D eigenvalue weighted by molar-refractivity contribution is 0.102. The van der Waals surface area contributed by atoms with Crippen molar-refractivity contribution in [2.24, 2.45) is 11.7 Å². The van der Waals surface area contributed by atoms with E-state index in [4.69, 9.17) is 17.3 Å². The Morgan fingerprint density at radius 2 is 2.21 bits per heavy atom. The Bertz CT molecular complexity index is 736. The maximum absolute atomic E-state index is 12.4. The van der Waals surface area contributed by atoms with Gasteiger partial charge in [-0.05, 0) is 48.4 Å². The summed E-state index contributed by atoms with van der Waals surface area (Å²) >= 11 is 6.05. The van der Waals surface area contributed by atoms with Crippen molar-refractivity contribution in [3.05, 3.63) is 40.7 Å². The van der Waals surface area contributed by atoms with Gasteiger partial charge in [0.1, 0.15) is 0 Å². The predicted octanol–water partition coefficient (Wildman–Crippen LogP) is 3.04. The predicted molar refractivity (Wildman–Crippen MR) is 94.2 cm³/mol. The standard InChI is InChI=1S/C17H22ClN5O/c1-10(2)14-7-12(18)3-4-15(14)20-17(24)16-9-23(22-21-16)8-11-5-13(19)6-11/h3-4,7,9-11,13H,5-6,8,19H2,1-2H3,(H,20,24). The molecular weight excluding hydrogens is 326 g/mol. The van der Waals surface area contributed by atoms with Crippen molar-refractivity contribution < 1.29 is 4.79 Å². The van der Waals surface area contributed by atoms with Crippen molar-refractivity contribution in [1.82, 2.24) is 15.0 Å². The number of amides is 1. The van der Waals surface area contributed by atoms with Gasteiger partial charge in [0.15, 0.2) is 5.69 Å². The number of halogens is 1. The second-order valence-corrected chi connectivity index (χ2v) is 7.20. The van der Waals surface area contributed by atoms with Crippen molar-refractivity contribution in [1.29, 1.82) is 0 Å². The highest BCUT2D eigenvalue weighted by molar-refractivity contribution is 6.30. The lowest BCUT2D eigenvalue weighted by Gasteiger charge is -2.31. The zero-order valence-electron chi connectivity index (χ0n) is 13.9. The quantitative estimate of drug-likeness (QED) is 0.870. The van der Waals surface area contributed by atoms with Crippen LogP contribution >= 0.6 is 11.6 Å². The average Bonchev–Trinajstić information content (AvgIpc) is 2.96. The summed E-state index contributed by atoms with van der Waals surface area (Å²) in [6, 6.07) is 5.76. The highest BCUT2D eigenvalue weighted by Crippen LogP contribution is 2.28. The fourth-order valence-corrected chi connectivity index (χ4v) is 3.18. The summed E-state index contributed by atoms with van der Waals surface area (Å²) in [5.41, 5.74) is 7.84. The average molecular weight is 348 g/mol. The lowest BCUT2D eigenvalue weighted by atomic mass is 9.81. The number of nitrogens with zero attached hydrogens (tertiary/aromatic N) is 3. The van der Waals surface area contributed by atoms with Gasteiger partial charge in [0.25, 0.3) is 5.91 Å². The van der Waals surface area contributed by atoms with E-state index in [1.807, 2.05) is 12.1 Å². The third-order valence-corrected chi connectivity index (χ3v) is 4.61. The number of carbonyl (C=O) groups excluding carboxylic acids is 1. The van der Waals surface area contributed by atoms with E-state index >= 15 is 0 Å². The molecule has 0 aliphatic heterocycles. The SMILES string of the molecule is CC(C)c1cc(Cl)ccc1NC(=O)c1cn(CC2CC(N)C2)nn1. The van der Waals surface area contributed by atoms with Crippen LogP contribution in [0.4, 0.5) is 5.69 Å². The third-order valence-electron chi connectivity index (χ3n) is 4.37. The van der Waals surface area contributed by atoms with Crippen LogP contribution in [0.5, 0.6) is 0 Å². The van der Waals surface area contributed by atoms with Crippen molar-refractivity contribution in [3.63, 3.8) is 0 Å². The van der Waals surface area contributed by atoms with Crippen LogP contribution in [0, 0.1) is 5.92 Å². The largest absolute Gasteiger partial charge is 0.328 e. The van der Waals surface area contributed by atoms with Crippen LogP contribution in [-0.2, 0) is 6.54 Å². The number of aromatic nitrogens is 3. The van der Waals surface area contributed by atoms with E-state index in [2.05, 4.69) is 29.5 Å². The van der Waals surface area contributed by atoms with Gasteiger partial charge >= 0.3 is 0 Å². The highest BCUT2D eigenvalue weighted by atomic mass is 35.5. The summed E-state index contributed by atoms with van der Waals surface area (Å²) in [6.45, 7) is 4.87. The molecule has 0 saturated heterocycles. The first kappa shape index (κ1) is 16.9. The molecule has 0 atom stereocenters. The number of hydrogen-bond donors (Lipinski definition) is 2. The molecule has 1 aromatic heterocycles. The Labute approximate surface area is 146 Å². The van der Waals surface area contributed by atoms with E-state index in [9.17, 15) is 4.79 Å². The third kappa shape index (κ3) is 3.76. The van der Waals surface area contributed by atoms with Crippen LogP contribution in [0.15, 0.2) is 24.4 Å². The molecule has 3 rings (SSSR count). The number of anilines is 1. The van der Waals surface area contributed by atoms with Gasteiger partial charge in [-0.15, -0.1) is 5.10 Å². The molecule has 1 amide bonds.